The molecule has 0 amide bonds. The van der Waals surface area contributed by atoms with E-state index in [0.717, 1.165) is 25.0 Å². The maximum Gasteiger partial charge on any atom is 1.00 e. The van der Waals surface area contributed by atoms with Crippen molar-refractivity contribution < 1.29 is 47.3 Å². The first-order chi connectivity index (χ1) is 15.9. The Hall–Kier alpha value is -0.0700. The number of rotatable bonds is 21. The normalized spacial score (nSPS) is 12.4. The molecule has 4 nitrogen and oxygen atoms in total. The van der Waals surface area contributed by atoms with E-state index in [1.54, 1.807) is 0 Å². The Morgan fingerprint density at radius 1 is 0.794 bits per heavy atom. The molecule has 192 valence electrons. The summed E-state index contributed by atoms with van der Waals surface area (Å²) in [6.07, 6.45) is 20.4. The quantitative estimate of drug-likeness (QED) is 0.135. The second-order valence-electron chi connectivity index (χ2n) is 9.63. The van der Waals surface area contributed by atoms with Gasteiger partial charge >= 0.3 is 29.6 Å². The molecule has 1 aromatic rings. The van der Waals surface area contributed by atoms with Gasteiger partial charge in [-0.25, -0.2) is 8.42 Å². The van der Waals surface area contributed by atoms with Crippen LogP contribution in [-0.4, -0.2) is 24.8 Å². The predicted molar refractivity (Wildman–Crippen MR) is 139 cm³/mol. The third-order valence-electron chi connectivity index (χ3n) is 6.52. The zero-order valence-electron chi connectivity index (χ0n) is 22.6. The number of hydrogen-bond donors (Lipinski definition) is 0. The van der Waals surface area contributed by atoms with Crippen LogP contribution in [0, 0.1) is 0 Å². The van der Waals surface area contributed by atoms with Crippen LogP contribution in [0.1, 0.15) is 128 Å². The molecule has 0 aliphatic rings. The Kier molecular flexibility index (Phi) is 21.0. The van der Waals surface area contributed by atoms with Gasteiger partial charge in [0.15, 0.2) is 0 Å². The Morgan fingerprint density at radius 3 is 1.82 bits per heavy atom. The molecule has 1 unspecified atom stereocenters. The van der Waals surface area contributed by atoms with Gasteiger partial charge in [-0.2, -0.15) is 0 Å². The average molecular weight is 505 g/mol. The number of ether oxygens (including phenoxy) is 1. The zero-order valence-corrected chi connectivity index (χ0v) is 25.4. The van der Waals surface area contributed by atoms with Crippen molar-refractivity contribution in [2.24, 2.45) is 0 Å². The van der Waals surface area contributed by atoms with Crippen LogP contribution >= 0.6 is 0 Å². The minimum absolute atomic E-state index is 0. The molecular formula is C28H49NaO4S. The van der Waals surface area contributed by atoms with Crippen molar-refractivity contribution in [2.45, 2.75) is 135 Å². The first-order valence-corrected chi connectivity index (χ1v) is 15.0. The van der Waals surface area contributed by atoms with E-state index in [1.807, 2.05) is 6.07 Å². The SMILES string of the molecule is CCCCCCCCCc1ccc(OCCC(C)S(=O)(=O)[O-])c(CCCCCCCCC)c1.[Na+]. The first kappa shape index (κ1) is 33.9. The van der Waals surface area contributed by atoms with Crippen molar-refractivity contribution in [1.29, 1.82) is 0 Å². The summed E-state index contributed by atoms with van der Waals surface area (Å²) >= 11 is 0. The van der Waals surface area contributed by atoms with E-state index in [0.29, 0.717) is 0 Å². The maximum atomic E-state index is 11.1. The summed E-state index contributed by atoms with van der Waals surface area (Å²) in [6, 6.07) is 6.48. The summed E-state index contributed by atoms with van der Waals surface area (Å²) in [4.78, 5) is 0. The summed E-state index contributed by atoms with van der Waals surface area (Å²) in [7, 11) is -4.25. The standard InChI is InChI=1S/C28H50O4S.Na/c1-4-6-8-10-12-14-16-18-26-20-21-28(32-23-22-25(3)33(29,30)31)27(24-26)19-17-15-13-11-9-7-5-2;/h20-21,24-25H,4-19,22-23H2,1-3H3,(H,29,30,31);/q;+1/p-1. The van der Waals surface area contributed by atoms with Gasteiger partial charge in [-0.3, -0.25) is 0 Å². The third kappa shape index (κ3) is 16.6. The van der Waals surface area contributed by atoms with Crippen molar-refractivity contribution in [2.75, 3.05) is 6.61 Å². The topological polar surface area (TPSA) is 66.4 Å². The molecule has 34 heavy (non-hydrogen) atoms. The fourth-order valence-corrected chi connectivity index (χ4v) is 4.55. The van der Waals surface area contributed by atoms with E-state index in [1.165, 1.54) is 102 Å². The summed E-state index contributed by atoms with van der Waals surface area (Å²) in [5.41, 5.74) is 2.59. The van der Waals surface area contributed by atoms with Crippen LogP contribution in [0.2, 0.25) is 0 Å². The van der Waals surface area contributed by atoms with Gasteiger partial charge < -0.3 is 9.29 Å². The van der Waals surface area contributed by atoms with Crippen molar-refractivity contribution in [3.8, 4) is 5.75 Å². The first-order valence-electron chi connectivity index (χ1n) is 13.6. The number of aryl methyl sites for hydroxylation is 2. The third-order valence-corrected chi connectivity index (χ3v) is 7.74. The van der Waals surface area contributed by atoms with Gasteiger partial charge in [0.2, 0.25) is 0 Å². The predicted octanol–water partition coefficient (Wildman–Crippen LogP) is 4.98. The van der Waals surface area contributed by atoms with Crippen LogP contribution in [0.15, 0.2) is 18.2 Å². The number of hydrogen-bond acceptors (Lipinski definition) is 4. The van der Waals surface area contributed by atoms with E-state index in [-0.39, 0.29) is 42.6 Å². The van der Waals surface area contributed by atoms with Crippen LogP contribution in [0.4, 0.5) is 0 Å². The van der Waals surface area contributed by atoms with Crippen molar-refractivity contribution in [3.05, 3.63) is 29.3 Å². The van der Waals surface area contributed by atoms with Crippen molar-refractivity contribution in [1.82, 2.24) is 0 Å². The van der Waals surface area contributed by atoms with Gasteiger partial charge in [0, 0.05) is 5.25 Å². The molecule has 0 saturated heterocycles. The van der Waals surface area contributed by atoms with Gasteiger partial charge in [0.25, 0.3) is 0 Å². The van der Waals surface area contributed by atoms with E-state index >= 15 is 0 Å². The van der Waals surface area contributed by atoms with Gasteiger partial charge in [-0.15, -0.1) is 0 Å². The van der Waals surface area contributed by atoms with Gasteiger partial charge in [-0.1, -0.05) is 103 Å². The Labute approximate surface area is 233 Å². The zero-order chi connectivity index (χ0) is 24.4. The molecule has 0 saturated carbocycles. The molecule has 0 spiro atoms. The average Bonchev–Trinajstić information content (AvgIpc) is 2.78. The van der Waals surface area contributed by atoms with Crippen LogP contribution in [0.25, 0.3) is 0 Å². The number of benzene rings is 1. The molecule has 1 atom stereocenters. The molecule has 1 rings (SSSR count). The Balaban J connectivity index is 0.0000109. The molecule has 0 N–H and O–H groups in total. The van der Waals surface area contributed by atoms with E-state index < -0.39 is 15.4 Å². The van der Waals surface area contributed by atoms with Gasteiger partial charge in [0.1, 0.15) is 5.75 Å². The molecule has 6 heteroatoms. The van der Waals surface area contributed by atoms with Crippen molar-refractivity contribution >= 4 is 10.1 Å². The minimum atomic E-state index is -4.25. The smallest absolute Gasteiger partial charge is 0.748 e. The molecule has 0 aliphatic carbocycles. The molecule has 1 aromatic carbocycles. The fraction of sp³-hybridized carbons (Fsp3) is 0.786. The van der Waals surface area contributed by atoms with Gasteiger partial charge in [0.05, 0.1) is 16.7 Å². The van der Waals surface area contributed by atoms with Gasteiger partial charge in [-0.05, 0) is 56.2 Å². The monoisotopic (exact) mass is 504 g/mol. The van der Waals surface area contributed by atoms with E-state index in [9.17, 15) is 13.0 Å². The summed E-state index contributed by atoms with van der Waals surface area (Å²) in [5.74, 6) is 0.847. The Morgan fingerprint density at radius 2 is 1.29 bits per heavy atom. The number of unbranched alkanes of at least 4 members (excludes halogenated alkanes) is 12. The summed E-state index contributed by atoms with van der Waals surface area (Å²) in [6.45, 7) is 6.21. The molecule has 0 aromatic heterocycles. The largest absolute Gasteiger partial charge is 1.00 e. The summed E-state index contributed by atoms with van der Waals surface area (Å²) < 4.78 is 39.4. The molecule has 0 fully saturated rings. The van der Waals surface area contributed by atoms with Crippen LogP contribution < -0.4 is 34.3 Å². The molecule has 0 aliphatic heterocycles. The van der Waals surface area contributed by atoms with Crippen molar-refractivity contribution in [3.63, 3.8) is 0 Å². The molecule has 0 bridgehead atoms. The van der Waals surface area contributed by atoms with Crippen LogP contribution in [0.3, 0.4) is 0 Å². The summed E-state index contributed by atoms with van der Waals surface area (Å²) in [5, 5.41) is -0.916. The van der Waals surface area contributed by atoms with E-state index in [4.69, 9.17) is 4.74 Å². The van der Waals surface area contributed by atoms with E-state index in [2.05, 4.69) is 26.0 Å². The van der Waals surface area contributed by atoms with Crippen LogP contribution in [-0.2, 0) is 23.0 Å². The maximum absolute atomic E-state index is 11.1. The molecular weight excluding hydrogens is 455 g/mol. The fourth-order valence-electron chi connectivity index (χ4n) is 4.16. The Bertz CT molecular complexity index is 721. The van der Waals surface area contributed by atoms with Crippen LogP contribution in [0.5, 0.6) is 5.75 Å². The second-order valence-corrected chi connectivity index (χ2v) is 11.4. The second kappa shape index (κ2) is 21.1. The molecule has 0 heterocycles. The minimum Gasteiger partial charge on any atom is -0.748 e. The molecule has 0 radical (unpaired) electrons.